The van der Waals surface area contributed by atoms with E-state index in [0.717, 1.165) is 21.9 Å². The van der Waals surface area contributed by atoms with Gasteiger partial charge in [0.05, 0.1) is 13.0 Å². The summed E-state index contributed by atoms with van der Waals surface area (Å²) in [7, 11) is 1.63. The van der Waals surface area contributed by atoms with Crippen LogP contribution in [-0.2, 0) is 16.0 Å². The monoisotopic (exact) mass is 373 g/mol. The summed E-state index contributed by atoms with van der Waals surface area (Å²) in [6.07, 6.45) is 0.885. The number of hydrogen-bond donors (Lipinski definition) is 2. The first kappa shape index (κ1) is 19.8. The van der Waals surface area contributed by atoms with Crippen LogP contribution in [0.15, 0.2) is 53.4 Å². The van der Waals surface area contributed by atoms with Crippen LogP contribution < -0.4 is 10.1 Å². The standard InChI is InChI=1S/C20H23NO4S/c1-14(20(23)24)13-15-3-5-16(6-4-15)21-19(22)11-12-26-18-9-7-17(25-2)8-10-18/h3-10,14H,11-13H2,1-2H3,(H,21,22)(H,23,24). The van der Waals surface area contributed by atoms with Gasteiger partial charge in [-0.3, -0.25) is 9.59 Å². The van der Waals surface area contributed by atoms with Crippen molar-refractivity contribution in [3.8, 4) is 5.75 Å². The molecule has 2 rings (SSSR count). The van der Waals surface area contributed by atoms with Gasteiger partial charge >= 0.3 is 5.97 Å². The number of ether oxygens (including phenoxy) is 1. The Hall–Kier alpha value is -2.47. The van der Waals surface area contributed by atoms with Crippen molar-refractivity contribution < 1.29 is 19.4 Å². The fourth-order valence-corrected chi connectivity index (χ4v) is 3.17. The lowest BCUT2D eigenvalue weighted by Gasteiger charge is -2.09. The lowest BCUT2D eigenvalue weighted by atomic mass is 10.0. The topological polar surface area (TPSA) is 75.6 Å². The molecule has 0 fully saturated rings. The smallest absolute Gasteiger partial charge is 0.306 e. The number of aliphatic carboxylic acids is 1. The minimum absolute atomic E-state index is 0.0438. The first-order chi connectivity index (χ1) is 12.5. The zero-order valence-electron chi connectivity index (χ0n) is 14.9. The molecule has 2 N–H and O–H groups in total. The second-order valence-corrected chi connectivity index (χ2v) is 7.13. The molecule has 0 bridgehead atoms. The molecule has 138 valence electrons. The maximum atomic E-state index is 12.0. The van der Waals surface area contributed by atoms with Gasteiger partial charge in [0.2, 0.25) is 5.91 Å². The third-order valence-corrected chi connectivity index (χ3v) is 4.87. The summed E-state index contributed by atoms with van der Waals surface area (Å²) in [5.74, 6) is 0.222. The Kier molecular flexibility index (Phi) is 7.53. The van der Waals surface area contributed by atoms with Gasteiger partial charge in [0.25, 0.3) is 0 Å². The maximum absolute atomic E-state index is 12.0. The van der Waals surface area contributed by atoms with E-state index in [2.05, 4.69) is 5.32 Å². The van der Waals surface area contributed by atoms with Crippen LogP contribution in [0.25, 0.3) is 0 Å². The summed E-state index contributed by atoms with van der Waals surface area (Å²) < 4.78 is 5.12. The maximum Gasteiger partial charge on any atom is 0.306 e. The predicted octanol–water partition coefficient (Wildman–Crippen LogP) is 4.08. The third-order valence-electron chi connectivity index (χ3n) is 3.86. The van der Waals surface area contributed by atoms with Gasteiger partial charge in [-0.25, -0.2) is 0 Å². The Morgan fingerprint density at radius 1 is 1.12 bits per heavy atom. The van der Waals surface area contributed by atoms with Crippen molar-refractivity contribution in [3.05, 3.63) is 54.1 Å². The molecule has 6 heteroatoms. The molecule has 0 aliphatic rings. The number of carbonyl (C=O) groups excluding carboxylic acids is 1. The number of anilines is 1. The number of benzene rings is 2. The van der Waals surface area contributed by atoms with E-state index in [0.29, 0.717) is 18.6 Å². The molecule has 1 atom stereocenters. The van der Waals surface area contributed by atoms with E-state index < -0.39 is 11.9 Å². The molecule has 26 heavy (non-hydrogen) atoms. The number of thioether (sulfide) groups is 1. The average molecular weight is 373 g/mol. The minimum atomic E-state index is -0.809. The lowest BCUT2D eigenvalue weighted by molar-refractivity contribution is -0.141. The van der Waals surface area contributed by atoms with Crippen LogP contribution in [0.4, 0.5) is 5.69 Å². The Morgan fingerprint density at radius 3 is 2.35 bits per heavy atom. The van der Waals surface area contributed by atoms with E-state index in [1.807, 2.05) is 36.4 Å². The Labute approximate surface area is 157 Å². The van der Waals surface area contributed by atoms with Gasteiger partial charge in [-0.2, -0.15) is 0 Å². The van der Waals surface area contributed by atoms with E-state index in [4.69, 9.17) is 9.84 Å². The zero-order valence-corrected chi connectivity index (χ0v) is 15.7. The van der Waals surface area contributed by atoms with E-state index in [1.54, 1.807) is 37.9 Å². The number of carboxylic acids is 1. The van der Waals surface area contributed by atoms with Crippen molar-refractivity contribution in [1.82, 2.24) is 0 Å². The summed E-state index contributed by atoms with van der Waals surface area (Å²) in [6.45, 7) is 1.68. The highest BCUT2D eigenvalue weighted by Crippen LogP contribution is 2.22. The van der Waals surface area contributed by atoms with Gasteiger partial charge in [-0.05, 0) is 48.4 Å². The van der Waals surface area contributed by atoms with Gasteiger partial charge in [-0.15, -0.1) is 11.8 Å². The van der Waals surface area contributed by atoms with Crippen molar-refractivity contribution in [2.45, 2.75) is 24.7 Å². The van der Waals surface area contributed by atoms with Gasteiger partial charge in [0, 0.05) is 22.8 Å². The van der Waals surface area contributed by atoms with Crippen molar-refractivity contribution >= 4 is 29.3 Å². The van der Waals surface area contributed by atoms with E-state index in [9.17, 15) is 9.59 Å². The Balaban J connectivity index is 1.75. The number of amides is 1. The lowest BCUT2D eigenvalue weighted by Crippen LogP contribution is -2.13. The molecule has 0 aliphatic carbocycles. The first-order valence-corrected chi connectivity index (χ1v) is 9.35. The second-order valence-electron chi connectivity index (χ2n) is 5.96. The van der Waals surface area contributed by atoms with Gasteiger partial charge in [-0.1, -0.05) is 19.1 Å². The van der Waals surface area contributed by atoms with E-state index in [1.165, 1.54) is 0 Å². The Bertz CT molecular complexity index is 728. The summed E-state index contributed by atoms with van der Waals surface area (Å²) in [5.41, 5.74) is 1.66. The summed E-state index contributed by atoms with van der Waals surface area (Å²) in [4.78, 5) is 24.0. The third kappa shape index (κ3) is 6.44. The van der Waals surface area contributed by atoms with Crippen LogP contribution in [0.2, 0.25) is 0 Å². The largest absolute Gasteiger partial charge is 0.497 e. The van der Waals surface area contributed by atoms with Crippen LogP contribution in [0.3, 0.4) is 0 Å². The quantitative estimate of drug-likeness (QED) is 0.648. The molecule has 0 spiro atoms. The molecular formula is C20H23NO4S. The van der Waals surface area contributed by atoms with Crippen molar-refractivity contribution in [3.63, 3.8) is 0 Å². The highest BCUT2D eigenvalue weighted by atomic mass is 32.2. The van der Waals surface area contributed by atoms with E-state index >= 15 is 0 Å². The number of hydrogen-bond acceptors (Lipinski definition) is 4. The molecule has 1 unspecified atom stereocenters. The van der Waals surface area contributed by atoms with Crippen LogP contribution in [-0.4, -0.2) is 29.8 Å². The number of methoxy groups -OCH3 is 1. The second kappa shape index (κ2) is 9.87. The number of carbonyl (C=O) groups is 2. The minimum Gasteiger partial charge on any atom is -0.497 e. The van der Waals surface area contributed by atoms with Gasteiger partial charge in [0.1, 0.15) is 5.75 Å². The van der Waals surface area contributed by atoms with Crippen molar-refractivity contribution in [1.29, 1.82) is 0 Å². The summed E-state index contributed by atoms with van der Waals surface area (Å²) in [5, 5.41) is 11.8. The molecule has 0 heterocycles. The number of carboxylic acid groups (broad SMARTS) is 1. The SMILES string of the molecule is COc1ccc(SCCC(=O)Nc2ccc(CC(C)C(=O)O)cc2)cc1. The molecule has 5 nitrogen and oxygen atoms in total. The van der Waals surface area contributed by atoms with Crippen LogP contribution in [0, 0.1) is 5.92 Å². The molecular weight excluding hydrogens is 350 g/mol. The van der Waals surface area contributed by atoms with Crippen molar-refractivity contribution in [2.24, 2.45) is 5.92 Å². The normalized spacial score (nSPS) is 11.6. The van der Waals surface area contributed by atoms with Crippen molar-refractivity contribution in [2.75, 3.05) is 18.2 Å². The molecule has 2 aromatic carbocycles. The summed E-state index contributed by atoms with van der Waals surface area (Å²) in [6, 6.07) is 15.0. The summed E-state index contributed by atoms with van der Waals surface area (Å²) >= 11 is 1.62. The highest BCUT2D eigenvalue weighted by molar-refractivity contribution is 7.99. The average Bonchev–Trinajstić information content (AvgIpc) is 2.63. The molecule has 0 radical (unpaired) electrons. The molecule has 0 aliphatic heterocycles. The van der Waals surface area contributed by atoms with E-state index in [-0.39, 0.29) is 5.91 Å². The Morgan fingerprint density at radius 2 is 1.77 bits per heavy atom. The fraction of sp³-hybridized carbons (Fsp3) is 0.300. The molecule has 2 aromatic rings. The van der Waals surface area contributed by atoms with Gasteiger partial charge in [0.15, 0.2) is 0 Å². The highest BCUT2D eigenvalue weighted by Gasteiger charge is 2.11. The predicted molar refractivity (Wildman–Crippen MR) is 104 cm³/mol. The van der Waals surface area contributed by atoms with Gasteiger partial charge < -0.3 is 15.2 Å². The zero-order chi connectivity index (χ0) is 18.9. The molecule has 1 amide bonds. The number of rotatable bonds is 9. The van der Waals surface area contributed by atoms with Crippen LogP contribution in [0.5, 0.6) is 5.75 Å². The number of nitrogens with one attached hydrogen (secondary N) is 1. The molecule has 0 aromatic heterocycles. The molecule has 0 saturated heterocycles. The van der Waals surface area contributed by atoms with Crippen LogP contribution >= 0.6 is 11.8 Å². The fourth-order valence-electron chi connectivity index (χ4n) is 2.32. The first-order valence-electron chi connectivity index (χ1n) is 8.36. The molecule has 0 saturated carbocycles. The van der Waals surface area contributed by atoms with Crippen LogP contribution in [0.1, 0.15) is 18.9 Å².